The van der Waals surface area contributed by atoms with E-state index in [9.17, 15) is 0 Å². The number of benzene rings is 1. The van der Waals surface area contributed by atoms with Crippen LogP contribution < -0.4 is 0 Å². The van der Waals surface area contributed by atoms with Crippen LogP contribution in [0.3, 0.4) is 0 Å². The Kier molecular flexibility index (Phi) is 5.14. The first-order valence-corrected chi connectivity index (χ1v) is 3.98. The maximum absolute atomic E-state index is 7.34. The highest BCUT2D eigenvalue weighted by Gasteiger charge is 2.06. The molecule has 0 aliphatic rings. The van der Waals surface area contributed by atoms with Gasteiger partial charge in [0.15, 0.2) is 0 Å². The molecular weight excluding hydrogens is 232 g/mol. The van der Waals surface area contributed by atoms with Crippen LogP contribution in [0.2, 0.25) is 10.0 Å². The van der Waals surface area contributed by atoms with Crippen LogP contribution in [-0.2, 0) is 4.74 Å². The maximum Gasteiger partial charge on any atom is 0.214 e. The predicted octanol–water partition coefficient (Wildman–Crippen LogP) is 3.39. The number of nitrogens with one attached hydrogen (secondary N) is 1. The Labute approximate surface area is 92.7 Å². The van der Waals surface area contributed by atoms with Crippen molar-refractivity contribution >= 4 is 41.5 Å². The third-order valence-corrected chi connectivity index (χ3v) is 1.93. The van der Waals surface area contributed by atoms with Crippen LogP contribution in [0.15, 0.2) is 18.2 Å². The van der Waals surface area contributed by atoms with Crippen LogP contribution >= 0.6 is 35.6 Å². The van der Waals surface area contributed by atoms with Crippen molar-refractivity contribution in [3.05, 3.63) is 33.8 Å². The lowest BCUT2D eigenvalue weighted by molar-refractivity contribution is 0.401. The Bertz CT molecular complexity index is 314. The van der Waals surface area contributed by atoms with E-state index in [1.54, 1.807) is 18.2 Å². The molecule has 0 atom stereocenters. The summed E-state index contributed by atoms with van der Waals surface area (Å²) in [6.07, 6.45) is 0. The van der Waals surface area contributed by atoms with Crippen molar-refractivity contribution in [1.82, 2.24) is 0 Å². The number of hydrogen-bond acceptors (Lipinski definition) is 2. The second-order valence-corrected chi connectivity index (χ2v) is 3.00. The predicted molar refractivity (Wildman–Crippen MR) is 57.5 cm³/mol. The first kappa shape index (κ1) is 12.6. The molecule has 0 aliphatic heterocycles. The molecule has 13 heavy (non-hydrogen) atoms. The molecule has 0 fully saturated rings. The van der Waals surface area contributed by atoms with Crippen LogP contribution in [0.25, 0.3) is 0 Å². The van der Waals surface area contributed by atoms with Gasteiger partial charge in [-0.05, 0) is 18.2 Å². The second kappa shape index (κ2) is 5.32. The minimum absolute atomic E-state index is 0. The van der Waals surface area contributed by atoms with Crippen LogP contribution in [-0.4, -0.2) is 13.0 Å². The minimum Gasteiger partial charge on any atom is -0.481 e. The van der Waals surface area contributed by atoms with Crippen LogP contribution in [0, 0.1) is 5.41 Å². The third kappa shape index (κ3) is 3.07. The van der Waals surface area contributed by atoms with Gasteiger partial charge in [0, 0.05) is 5.02 Å². The molecule has 0 unspecified atom stereocenters. The zero-order valence-corrected chi connectivity index (χ0v) is 9.13. The van der Waals surface area contributed by atoms with Crippen molar-refractivity contribution in [2.75, 3.05) is 7.11 Å². The van der Waals surface area contributed by atoms with Crippen molar-refractivity contribution < 1.29 is 4.74 Å². The molecule has 0 heterocycles. The van der Waals surface area contributed by atoms with Gasteiger partial charge in [-0.2, -0.15) is 0 Å². The summed E-state index contributed by atoms with van der Waals surface area (Å²) in [6, 6.07) is 4.89. The van der Waals surface area contributed by atoms with E-state index < -0.39 is 0 Å². The van der Waals surface area contributed by atoms with Crippen molar-refractivity contribution in [3.8, 4) is 0 Å². The summed E-state index contributed by atoms with van der Waals surface area (Å²) in [7, 11) is 1.42. The lowest BCUT2D eigenvalue weighted by Crippen LogP contribution is -2.01. The van der Waals surface area contributed by atoms with Crippen LogP contribution in [0.5, 0.6) is 0 Å². The van der Waals surface area contributed by atoms with Gasteiger partial charge in [-0.25, -0.2) is 0 Å². The molecule has 1 N–H and O–H groups in total. The monoisotopic (exact) mass is 239 g/mol. The van der Waals surface area contributed by atoms with Gasteiger partial charge >= 0.3 is 0 Å². The number of rotatable bonds is 1. The standard InChI is InChI=1S/C8H7Cl2NO.ClH/c1-12-8(11)6-3-2-5(9)4-7(6)10;/h2-4,11H,1H3;1H. The molecular formula is C8H8Cl3NO. The first-order chi connectivity index (χ1) is 5.65. The van der Waals surface area contributed by atoms with E-state index in [4.69, 9.17) is 33.3 Å². The number of hydrogen-bond donors (Lipinski definition) is 1. The van der Waals surface area contributed by atoms with Gasteiger partial charge in [0.05, 0.1) is 17.7 Å². The number of halogens is 3. The molecule has 1 aromatic rings. The van der Waals surface area contributed by atoms with Crippen LogP contribution in [0.1, 0.15) is 5.56 Å². The van der Waals surface area contributed by atoms with Crippen molar-refractivity contribution in [2.24, 2.45) is 0 Å². The summed E-state index contributed by atoms with van der Waals surface area (Å²) in [5.41, 5.74) is 0.545. The SMILES string of the molecule is COC(=N)c1ccc(Cl)cc1Cl.Cl. The molecule has 2 nitrogen and oxygen atoms in total. The molecule has 0 saturated carbocycles. The Balaban J connectivity index is 0.00000144. The zero-order valence-electron chi connectivity index (χ0n) is 6.80. The quantitative estimate of drug-likeness (QED) is 0.592. The third-order valence-electron chi connectivity index (χ3n) is 1.38. The summed E-state index contributed by atoms with van der Waals surface area (Å²) < 4.78 is 4.71. The minimum atomic E-state index is 0. The number of methoxy groups -OCH3 is 1. The van der Waals surface area contributed by atoms with E-state index in [-0.39, 0.29) is 18.3 Å². The van der Waals surface area contributed by atoms with E-state index >= 15 is 0 Å². The summed E-state index contributed by atoms with van der Waals surface area (Å²) in [5.74, 6) is 0.0386. The fourth-order valence-electron chi connectivity index (χ4n) is 0.784. The zero-order chi connectivity index (χ0) is 9.14. The summed E-state index contributed by atoms with van der Waals surface area (Å²) in [5, 5.41) is 8.31. The molecule has 1 aromatic carbocycles. The average molecular weight is 241 g/mol. The van der Waals surface area contributed by atoms with Gasteiger partial charge in [0.1, 0.15) is 0 Å². The van der Waals surface area contributed by atoms with Crippen molar-refractivity contribution in [1.29, 1.82) is 5.41 Å². The topological polar surface area (TPSA) is 33.1 Å². The summed E-state index contributed by atoms with van der Waals surface area (Å²) in [6.45, 7) is 0. The lowest BCUT2D eigenvalue weighted by atomic mass is 10.2. The molecule has 0 bridgehead atoms. The van der Waals surface area contributed by atoms with Gasteiger partial charge in [0.25, 0.3) is 0 Å². The Hall–Kier alpha value is -0.440. The fourth-order valence-corrected chi connectivity index (χ4v) is 1.28. The molecule has 0 aliphatic carbocycles. The first-order valence-electron chi connectivity index (χ1n) is 3.23. The average Bonchev–Trinajstić information content (AvgIpc) is 2.03. The van der Waals surface area contributed by atoms with E-state index in [1.807, 2.05) is 0 Å². The Morgan fingerprint density at radius 1 is 1.38 bits per heavy atom. The molecule has 72 valence electrons. The summed E-state index contributed by atoms with van der Waals surface area (Å²) >= 11 is 11.5. The van der Waals surface area contributed by atoms with E-state index in [2.05, 4.69) is 0 Å². The largest absolute Gasteiger partial charge is 0.481 e. The smallest absolute Gasteiger partial charge is 0.214 e. The van der Waals surface area contributed by atoms with Crippen molar-refractivity contribution in [3.63, 3.8) is 0 Å². The van der Waals surface area contributed by atoms with E-state index in [0.717, 1.165) is 0 Å². The molecule has 1 rings (SSSR count). The molecule has 0 saturated heterocycles. The lowest BCUT2D eigenvalue weighted by Gasteiger charge is -2.03. The van der Waals surface area contributed by atoms with E-state index in [0.29, 0.717) is 15.6 Å². The normalized spacial score (nSPS) is 8.85. The molecule has 0 aromatic heterocycles. The van der Waals surface area contributed by atoms with Gasteiger partial charge < -0.3 is 4.74 Å². The van der Waals surface area contributed by atoms with Crippen molar-refractivity contribution in [2.45, 2.75) is 0 Å². The fraction of sp³-hybridized carbons (Fsp3) is 0.125. The molecule has 0 amide bonds. The highest BCUT2D eigenvalue weighted by Crippen LogP contribution is 2.21. The highest BCUT2D eigenvalue weighted by molar-refractivity contribution is 6.36. The summed E-state index contributed by atoms with van der Waals surface area (Å²) in [4.78, 5) is 0. The van der Waals surface area contributed by atoms with Gasteiger partial charge in [0.2, 0.25) is 5.90 Å². The van der Waals surface area contributed by atoms with Gasteiger partial charge in [-0.15, -0.1) is 12.4 Å². The van der Waals surface area contributed by atoms with Gasteiger partial charge in [-0.1, -0.05) is 23.2 Å². The molecule has 0 radical (unpaired) electrons. The Morgan fingerprint density at radius 2 is 2.00 bits per heavy atom. The highest BCUT2D eigenvalue weighted by atomic mass is 35.5. The number of ether oxygens (including phenoxy) is 1. The second-order valence-electron chi connectivity index (χ2n) is 2.16. The van der Waals surface area contributed by atoms with E-state index in [1.165, 1.54) is 7.11 Å². The molecule has 5 heteroatoms. The molecule has 0 spiro atoms. The maximum atomic E-state index is 7.34. The van der Waals surface area contributed by atoms with Gasteiger partial charge in [-0.3, -0.25) is 5.41 Å². The van der Waals surface area contributed by atoms with Crippen LogP contribution in [0.4, 0.5) is 0 Å². The Morgan fingerprint density at radius 3 is 2.46 bits per heavy atom.